The third-order valence-electron chi connectivity index (χ3n) is 1.24. The van der Waals surface area contributed by atoms with Crippen molar-refractivity contribution < 1.29 is 9.84 Å². The molecule has 1 heterocycles. The molecule has 1 rings (SSSR count). The summed E-state index contributed by atoms with van der Waals surface area (Å²) in [7, 11) is 0. The monoisotopic (exact) mass is 164 g/mol. The molecule has 0 fully saturated rings. The number of nitrogens with zero attached hydrogens (tertiary/aromatic N) is 1. The van der Waals surface area contributed by atoms with Crippen molar-refractivity contribution in [3.63, 3.8) is 0 Å². The molecular formula is C9H10NO2-. The normalized spacial score (nSPS) is 11.2. The lowest BCUT2D eigenvalue weighted by molar-refractivity contribution is -0.354. The van der Waals surface area contributed by atoms with Gasteiger partial charge in [0.15, 0.2) is 0 Å². The van der Waals surface area contributed by atoms with Crippen molar-refractivity contribution >= 4 is 6.08 Å². The first kappa shape index (κ1) is 8.59. The Hall–Kier alpha value is -1.51. The van der Waals surface area contributed by atoms with Crippen LogP contribution in [-0.4, -0.2) is 11.6 Å². The number of ether oxygens (including phenoxy) is 1. The van der Waals surface area contributed by atoms with Gasteiger partial charge in [-0.1, -0.05) is 13.0 Å². The number of aromatic nitrogens is 1. The minimum Gasteiger partial charge on any atom is -0.613 e. The summed E-state index contributed by atoms with van der Waals surface area (Å²) in [4.78, 5) is 3.94. The predicted molar refractivity (Wildman–Crippen MR) is 43.8 cm³/mol. The van der Waals surface area contributed by atoms with Gasteiger partial charge in [0, 0.05) is 6.20 Å². The molecule has 3 nitrogen and oxygen atoms in total. The topological polar surface area (TPSA) is 45.2 Å². The average molecular weight is 164 g/mol. The van der Waals surface area contributed by atoms with Gasteiger partial charge in [0.05, 0.1) is 11.6 Å². The molecule has 0 saturated carbocycles. The molecule has 0 aromatic carbocycles. The fourth-order valence-corrected chi connectivity index (χ4v) is 0.766. The van der Waals surface area contributed by atoms with Gasteiger partial charge in [-0.2, -0.15) is 0 Å². The van der Waals surface area contributed by atoms with Crippen LogP contribution in [0, 0.1) is 0 Å². The fraction of sp³-hybridized carbons (Fsp3) is 0.222. The number of pyridine rings is 1. The van der Waals surface area contributed by atoms with E-state index in [-0.39, 0.29) is 5.95 Å². The SMILES string of the molecule is CCO/C([O-])=C/c1ccccn1. The van der Waals surface area contributed by atoms with Crippen LogP contribution in [0.4, 0.5) is 0 Å². The van der Waals surface area contributed by atoms with Crippen molar-refractivity contribution in [1.29, 1.82) is 0 Å². The largest absolute Gasteiger partial charge is 0.613 e. The van der Waals surface area contributed by atoms with Crippen molar-refractivity contribution in [2.24, 2.45) is 0 Å². The Labute approximate surface area is 71.3 Å². The zero-order chi connectivity index (χ0) is 8.81. The van der Waals surface area contributed by atoms with Crippen molar-refractivity contribution in [1.82, 2.24) is 4.98 Å². The Kier molecular flexibility index (Phi) is 3.14. The van der Waals surface area contributed by atoms with E-state index in [4.69, 9.17) is 4.74 Å². The van der Waals surface area contributed by atoms with Crippen molar-refractivity contribution in [2.45, 2.75) is 6.92 Å². The minimum absolute atomic E-state index is 0.351. The maximum atomic E-state index is 10.9. The second kappa shape index (κ2) is 4.38. The van der Waals surface area contributed by atoms with E-state index in [1.54, 1.807) is 25.3 Å². The molecule has 0 radical (unpaired) electrons. The summed E-state index contributed by atoms with van der Waals surface area (Å²) in [5.74, 6) is -0.351. The van der Waals surface area contributed by atoms with Gasteiger partial charge >= 0.3 is 0 Å². The summed E-state index contributed by atoms with van der Waals surface area (Å²) in [6.45, 7) is 2.16. The molecule has 0 amide bonds. The van der Waals surface area contributed by atoms with Gasteiger partial charge in [0.2, 0.25) is 0 Å². The summed E-state index contributed by atoms with van der Waals surface area (Å²) in [5, 5.41) is 10.9. The molecule has 0 spiro atoms. The standard InChI is InChI=1S/C9H11NO2/c1-2-12-9(11)7-8-5-3-4-6-10-8/h3-7,11H,2H2,1H3/p-1/b9-7+. The van der Waals surface area contributed by atoms with Crippen LogP contribution >= 0.6 is 0 Å². The lowest BCUT2D eigenvalue weighted by Crippen LogP contribution is -2.07. The quantitative estimate of drug-likeness (QED) is 0.620. The van der Waals surface area contributed by atoms with E-state index in [1.165, 1.54) is 6.08 Å². The number of hydrogen-bond acceptors (Lipinski definition) is 3. The summed E-state index contributed by atoms with van der Waals surface area (Å²) in [6.07, 6.45) is 2.99. The summed E-state index contributed by atoms with van der Waals surface area (Å²) < 4.78 is 4.71. The second-order valence-electron chi connectivity index (χ2n) is 2.15. The molecule has 3 heteroatoms. The highest BCUT2D eigenvalue weighted by atomic mass is 16.6. The highest BCUT2D eigenvalue weighted by molar-refractivity contribution is 5.43. The lowest BCUT2D eigenvalue weighted by atomic mass is 10.3. The Morgan fingerprint density at radius 1 is 1.67 bits per heavy atom. The Morgan fingerprint density at radius 3 is 3.08 bits per heavy atom. The van der Waals surface area contributed by atoms with Gasteiger partial charge in [0.1, 0.15) is 0 Å². The van der Waals surface area contributed by atoms with E-state index in [2.05, 4.69) is 4.98 Å². The zero-order valence-electron chi connectivity index (χ0n) is 6.86. The van der Waals surface area contributed by atoms with Crippen molar-refractivity contribution in [3.8, 4) is 0 Å². The molecule has 1 aromatic rings. The van der Waals surface area contributed by atoms with E-state index in [9.17, 15) is 5.11 Å². The minimum atomic E-state index is -0.351. The molecule has 0 atom stereocenters. The molecule has 0 aliphatic heterocycles. The van der Waals surface area contributed by atoms with Gasteiger partial charge in [-0.25, -0.2) is 0 Å². The predicted octanol–water partition coefficient (Wildman–Crippen LogP) is 0.777. The van der Waals surface area contributed by atoms with E-state index in [0.29, 0.717) is 12.3 Å². The van der Waals surface area contributed by atoms with Crippen molar-refractivity contribution in [2.75, 3.05) is 6.61 Å². The van der Waals surface area contributed by atoms with Crippen LogP contribution in [0.2, 0.25) is 0 Å². The van der Waals surface area contributed by atoms with E-state index < -0.39 is 0 Å². The maximum Gasteiger partial charge on any atom is 0.0647 e. The summed E-state index contributed by atoms with van der Waals surface area (Å²) in [5.41, 5.74) is 0.621. The number of rotatable bonds is 3. The summed E-state index contributed by atoms with van der Waals surface area (Å²) in [6, 6.07) is 5.36. The van der Waals surface area contributed by atoms with Crippen molar-refractivity contribution in [3.05, 3.63) is 36.0 Å². The molecule has 64 valence electrons. The fourth-order valence-electron chi connectivity index (χ4n) is 0.766. The Bertz CT molecular complexity index is 256. The van der Waals surface area contributed by atoms with E-state index >= 15 is 0 Å². The third kappa shape index (κ3) is 2.62. The van der Waals surface area contributed by atoms with Crippen LogP contribution in [0.25, 0.3) is 6.08 Å². The summed E-state index contributed by atoms with van der Waals surface area (Å²) >= 11 is 0. The molecule has 1 aromatic heterocycles. The highest BCUT2D eigenvalue weighted by Gasteiger charge is 1.85. The molecule has 0 saturated heterocycles. The first-order chi connectivity index (χ1) is 5.83. The van der Waals surface area contributed by atoms with Crippen LogP contribution in [-0.2, 0) is 4.74 Å². The van der Waals surface area contributed by atoms with E-state index in [1.807, 2.05) is 6.07 Å². The van der Waals surface area contributed by atoms with Crippen LogP contribution in [0.3, 0.4) is 0 Å². The van der Waals surface area contributed by atoms with Gasteiger partial charge in [-0.3, -0.25) is 4.98 Å². The van der Waals surface area contributed by atoms with Gasteiger partial charge in [-0.05, 0) is 24.8 Å². The average Bonchev–Trinajstić information content (AvgIpc) is 2.06. The smallest absolute Gasteiger partial charge is 0.0647 e. The van der Waals surface area contributed by atoms with Crippen LogP contribution < -0.4 is 5.11 Å². The molecule has 0 N–H and O–H groups in total. The highest BCUT2D eigenvalue weighted by Crippen LogP contribution is 1.99. The molecule has 0 bridgehead atoms. The molecule has 0 aliphatic rings. The molecule has 0 aliphatic carbocycles. The first-order valence-corrected chi connectivity index (χ1v) is 3.75. The molecular weight excluding hydrogens is 154 g/mol. The van der Waals surface area contributed by atoms with Gasteiger partial charge in [0.25, 0.3) is 0 Å². The third-order valence-corrected chi connectivity index (χ3v) is 1.24. The Balaban J connectivity index is 2.67. The zero-order valence-corrected chi connectivity index (χ0v) is 6.86. The second-order valence-corrected chi connectivity index (χ2v) is 2.15. The first-order valence-electron chi connectivity index (χ1n) is 3.75. The Morgan fingerprint density at radius 2 is 2.50 bits per heavy atom. The van der Waals surface area contributed by atoms with Crippen LogP contribution in [0.1, 0.15) is 12.6 Å². The number of hydrogen-bond donors (Lipinski definition) is 0. The van der Waals surface area contributed by atoms with Gasteiger partial charge < -0.3 is 9.84 Å². The molecule has 0 unspecified atom stereocenters. The lowest BCUT2D eigenvalue weighted by Gasteiger charge is -2.11. The van der Waals surface area contributed by atoms with Crippen LogP contribution in [0.15, 0.2) is 30.3 Å². The van der Waals surface area contributed by atoms with Crippen LogP contribution in [0.5, 0.6) is 0 Å². The maximum absolute atomic E-state index is 10.9. The van der Waals surface area contributed by atoms with E-state index in [0.717, 1.165) is 0 Å². The molecule has 12 heavy (non-hydrogen) atoms. The van der Waals surface area contributed by atoms with Gasteiger partial charge in [-0.15, -0.1) is 0 Å².